The normalized spacial score (nSPS) is 19.3. The number of aldehydes is 1. The van der Waals surface area contributed by atoms with Crippen molar-refractivity contribution in [1.82, 2.24) is 19.9 Å². The molecular formula is C52H72FN5O7Si2. The van der Waals surface area contributed by atoms with E-state index in [4.69, 9.17) is 38.3 Å². The van der Waals surface area contributed by atoms with Crippen LogP contribution in [-0.2, 0) is 18.7 Å². The second-order valence-electron chi connectivity index (χ2n) is 21.0. The number of fused-ring (bicyclic) bond motifs is 4. The molecular weight excluding hydrogens is 882 g/mol. The molecule has 1 amide bonds. The Labute approximate surface area is 399 Å². The van der Waals surface area contributed by atoms with Gasteiger partial charge in [0.25, 0.3) is 0 Å². The fourth-order valence-corrected chi connectivity index (χ4v) is 18.9. The largest absolute Gasteiger partial charge is 0.468 e. The number of amides is 1. The molecule has 15 heteroatoms. The van der Waals surface area contributed by atoms with Crippen molar-refractivity contribution in [2.45, 2.75) is 161 Å². The Morgan fingerprint density at radius 2 is 1.67 bits per heavy atom. The van der Waals surface area contributed by atoms with Crippen LogP contribution in [0.1, 0.15) is 108 Å². The quantitative estimate of drug-likeness (QED) is 0.0435. The lowest BCUT2D eigenvalue weighted by Crippen LogP contribution is -2.59. The number of ether oxygens (including phenoxy) is 4. The van der Waals surface area contributed by atoms with Crippen LogP contribution in [0.5, 0.6) is 11.8 Å². The van der Waals surface area contributed by atoms with Gasteiger partial charge < -0.3 is 33.1 Å². The Hall–Kier alpha value is -4.63. The molecule has 2 aliphatic heterocycles. The van der Waals surface area contributed by atoms with Gasteiger partial charge in [0.05, 0.1) is 29.0 Å². The average molecular weight is 954 g/mol. The van der Waals surface area contributed by atoms with Crippen molar-refractivity contribution in [3.8, 4) is 34.5 Å². The molecule has 0 spiro atoms. The third-order valence-electron chi connectivity index (χ3n) is 14.9. The molecule has 2 saturated heterocycles. The van der Waals surface area contributed by atoms with Crippen molar-refractivity contribution < 1.29 is 37.4 Å². The molecule has 2 aromatic heterocycles. The van der Waals surface area contributed by atoms with Gasteiger partial charge in [-0.1, -0.05) is 80.4 Å². The average Bonchev–Trinajstić information content (AvgIpc) is 4.04. The number of rotatable bonds is 17. The van der Waals surface area contributed by atoms with Gasteiger partial charge in [-0.05, 0) is 98.4 Å². The highest BCUT2D eigenvalue weighted by molar-refractivity contribution is 6.90. The summed E-state index contributed by atoms with van der Waals surface area (Å²) in [6.45, 7) is 26.8. The number of piperazine rings is 1. The van der Waals surface area contributed by atoms with Gasteiger partial charge in [0.2, 0.25) is 0 Å². The summed E-state index contributed by atoms with van der Waals surface area (Å²) in [5.41, 5.74) is 5.20. The second kappa shape index (κ2) is 19.8. The van der Waals surface area contributed by atoms with Crippen LogP contribution in [0, 0.1) is 22.7 Å². The summed E-state index contributed by atoms with van der Waals surface area (Å²) in [6, 6.07) is 11.9. The highest BCUT2D eigenvalue weighted by Crippen LogP contribution is 2.46. The molecule has 362 valence electrons. The van der Waals surface area contributed by atoms with Crippen molar-refractivity contribution in [3.63, 3.8) is 0 Å². The van der Waals surface area contributed by atoms with Crippen LogP contribution in [0.3, 0.4) is 0 Å². The molecule has 3 unspecified atom stereocenters. The minimum Gasteiger partial charge on any atom is -0.468 e. The zero-order chi connectivity index (χ0) is 48.6. The zero-order valence-corrected chi connectivity index (χ0v) is 44.0. The minimum absolute atomic E-state index is 0.00347. The second-order valence-corrected chi connectivity index (χ2v) is 31.3. The Bertz CT molecular complexity index is 2500. The number of hydrogen-bond donors (Lipinski definition) is 0. The van der Waals surface area contributed by atoms with Crippen LogP contribution in [-0.4, -0.2) is 106 Å². The van der Waals surface area contributed by atoms with E-state index in [-0.39, 0.29) is 54.9 Å². The smallest absolute Gasteiger partial charge is 0.411 e. The minimum atomic E-state index is -2.15. The number of methoxy groups -OCH3 is 1. The van der Waals surface area contributed by atoms with Crippen LogP contribution >= 0.6 is 0 Å². The summed E-state index contributed by atoms with van der Waals surface area (Å²) in [5.74, 6) is 3.90. The number of aromatic nitrogens is 3. The number of carbonyl (C=O) groups is 2. The van der Waals surface area contributed by atoms with Crippen LogP contribution < -0.4 is 14.4 Å². The summed E-state index contributed by atoms with van der Waals surface area (Å²) >= 11 is 0. The van der Waals surface area contributed by atoms with Crippen molar-refractivity contribution in [2.24, 2.45) is 5.41 Å². The van der Waals surface area contributed by atoms with Crippen LogP contribution in [0.25, 0.3) is 32.9 Å². The molecule has 7 rings (SSSR count). The Kier molecular flexibility index (Phi) is 14.8. The summed E-state index contributed by atoms with van der Waals surface area (Å²) in [4.78, 5) is 44.7. The van der Waals surface area contributed by atoms with Gasteiger partial charge >= 0.3 is 12.1 Å². The molecule has 4 aromatic rings. The van der Waals surface area contributed by atoms with Crippen LogP contribution in [0.4, 0.5) is 15.0 Å². The van der Waals surface area contributed by atoms with Crippen molar-refractivity contribution >= 4 is 56.3 Å². The Balaban J connectivity index is 1.40. The van der Waals surface area contributed by atoms with Crippen LogP contribution in [0.2, 0.25) is 34.8 Å². The third kappa shape index (κ3) is 9.96. The number of nitrogens with zero attached hydrogens (tertiary/aromatic N) is 5. The summed E-state index contributed by atoms with van der Waals surface area (Å²) in [6.07, 6.45) is 4.01. The summed E-state index contributed by atoms with van der Waals surface area (Å²) in [5, 5.41) is 1.96. The van der Waals surface area contributed by atoms with Crippen molar-refractivity contribution in [1.29, 1.82) is 0 Å². The molecule has 4 heterocycles. The molecule has 1 aliphatic carbocycles. The highest BCUT2D eigenvalue weighted by Gasteiger charge is 2.53. The lowest BCUT2D eigenvalue weighted by Gasteiger charge is -2.43. The molecule has 2 bridgehead atoms. The lowest BCUT2D eigenvalue weighted by molar-refractivity contribution is -0.113. The van der Waals surface area contributed by atoms with Gasteiger partial charge in [0.15, 0.2) is 20.9 Å². The fourth-order valence-electron chi connectivity index (χ4n) is 10.8. The lowest BCUT2D eigenvalue weighted by atomic mass is 9.96. The van der Waals surface area contributed by atoms with E-state index in [2.05, 4.69) is 78.7 Å². The monoisotopic (exact) mass is 953 g/mol. The first kappa shape index (κ1) is 50.3. The van der Waals surface area contributed by atoms with Crippen LogP contribution in [0.15, 0.2) is 36.5 Å². The maximum Gasteiger partial charge on any atom is 0.411 e. The molecule has 12 nitrogen and oxygen atoms in total. The van der Waals surface area contributed by atoms with E-state index in [1.807, 2.05) is 49.9 Å². The predicted octanol–water partition coefficient (Wildman–Crippen LogP) is 11.5. The number of hydrogen-bond acceptors (Lipinski definition) is 11. The molecule has 67 heavy (non-hydrogen) atoms. The molecule has 1 saturated carbocycles. The third-order valence-corrected chi connectivity index (χ3v) is 25.8. The first-order valence-electron chi connectivity index (χ1n) is 24.4. The van der Waals surface area contributed by atoms with E-state index >= 15 is 4.39 Å². The maximum absolute atomic E-state index is 18.0. The fraction of sp³-hybridized carbons (Fsp3) is 0.596. The van der Waals surface area contributed by atoms with Gasteiger partial charge in [0.1, 0.15) is 49.3 Å². The van der Waals surface area contributed by atoms with Gasteiger partial charge in [-0.2, -0.15) is 9.97 Å². The number of anilines is 1. The van der Waals surface area contributed by atoms with Gasteiger partial charge in [-0.3, -0.25) is 9.88 Å². The summed E-state index contributed by atoms with van der Waals surface area (Å²) < 4.78 is 48.7. The number of pyridine rings is 1. The van der Waals surface area contributed by atoms with E-state index in [0.717, 1.165) is 40.8 Å². The zero-order valence-electron chi connectivity index (χ0n) is 42.0. The van der Waals surface area contributed by atoms with Gasteiger partial charge in [-0.25, -0.2) is 9.18 Å². The maximum atomic E-state index is 18.0. The molecule has 3 fully saturated rings. The molecule has 2 aromatic carbocycles. The topological polar surface area (TPSA) is 125 Å². The van der Waals surface area contributed by atoms with Gasteiger partial charge in [0, 0.05) is 42.9 Å². The predicted molar refractivity (Wildman–Crippen MR) is 268 cm³/mol. The number of benzene rings is 2. The molecule has 3 aliphatic rings. The molecule has 3 atom stereocenters. The molecule has 0 radical (unpaired) electrons. The number of carbonyl (C=O) groups excluding carboxylic acids is 2. The summed E-state index contributed by atoms with van der Waals surface area (Å²) in [7, 11) is -2.70. The van der Waals surface area contributed by atoms with Crippen molar-refractivity contribution in [2.75, 3.05) is 38.5 Å². The molecule has 0 N–H and O–H groups in total. The van der Waals surface area contributed by atoms with E-state index < -0.39 is 33.2 Å². The van der Waals surface area contributed by atoms with E-state index in [1.54, 1.807) is 19.4 Å². The number of halogens is 1. The first-order chi connectivity index (χ1) is 31.8. The first-order valence-corrected chi connectivity index (χ1v) is 29.2. The highest BCUT2D eigenvalue weighted by atomic mass is 28.4. The SMILES string of the molecule is CC[Si](CC)(CC)OC1CC2CN(c3nc(OCC4(C=O)CC4)nc4c(F)c(-c5cc(OCOC)cc6cccc(C#C[Si](C(C)C)(C(C)C)C(C)C)c56)ncc34)CC1N2C(=O)OC(C)(C)C. The van der Waals surface area contributed by atoms with Gasteiger partial charge in [-0.15, -0.1) is 5.54 Å². The van der Waals surface area contributed by atoms with E-state index in [9.17, 15) is 9.59 Å². The van der Waals surface area contributed by atoms with E-state index in [1.165, 1.54) is 0 Å². The Morgan fingerprint density at radius 1 is 0.985 bits per heavy atom. The Morgan fingerprint density at radius 3 is 2.27 bits per heavy atom. The standard InChI is InChI=1S/C52H72FN5O7Si2/c1-14-66(15-2,16-3)65-43-25-38-28-57(29-42(43)58(38)50(60)64-51(10,11)12)48-41-27-54-46(45(53)47(41)55-49(56-48)62-31-52(30-59)21-22-52)40-26-39(63-32-61-13)24-37-19-17-18-36(44(37)40)20-23-67(33(4)5,34(6)7)35(8)9/h17-19,24,26-27,30,33-35,38,42-43H,14-16,21-22,25,28-29,31-32H2,1-13H3. The van der Waals surface area contributed by atoms with Crippen molar-refractivity contribution in [3.05, 3.63) is 47.9 Å². The van der Waals surface area contributed by atoms with E-state index in [0.29, 0.717) is 71.5 Å².